The van der Waals surface area contributed by atoms with Gasteiger partial charge >= 0.3 is 14.0 Å². The van der Waals surface area contributed by atoms with Crippen LogP contribution in [0.25, 0.3) is 0 Å². The third kappa shape index (κ3) is 11.0. The first kappa shape index (κ1) is 25.9. The van der Waals surface area contributed by atoms with E-state index in [4.69, 9.17) is 20.3 Å². The average Bonchev–Trinajstić information content (AvgIpc) is 2.60. The molecule has 29 heavy (non-hydrogen) atoms. The molecule has 0 aromatic heterocycles. The highest BCUT2D eigenvalue weighted by molar-refractivity contribution is 7.46. The summed E-state index contributed by atoms with van der Waals surface area (Å²) in [5.41, 5.74) is 4.39. The molecule has 168 valence electrons. The molecule has 0 unspecified atom stereocenters. The molecule has 10 heteroatoms. The van der Waals surface area contributed by atoms with Crippen LogP contribution in [0.3, 0.4) is 0 Å². The number of halogens is 3. The number of rotatable bonds is 13. The molecule has 6 nitrogen and oxygen atoms in total. The lowest BCUT2D eigenvalue weighted by Gasteiger charge is -2.24. The van der Waals surface area contributed by atoms with E-state index in [0.717, 1.165) is 31.7 Å². The summed E-state index contributed by atoms with van der Waals surface area (Å²) >= 11 is 0. The van der Waals surface area contributed by atoms with Crippen LogP contribution in [0.1, 0.15) is 63.5 Å². The van der Waals surface area contributed by atoms with Crippen molar-refractivity contribution >= 4 is 7.82 Å². The van der Waals surface area contributed by atoms with Crippen molar-refractivity contribution in [2.24, 2.45) is 5.73 Å². The minimum absolute atomic E-state index is 0.182. The summed E-state index contributed by atoms with van der Waals surface area (Å²) in [6.45, 7) is 3.42. The predicted molar refractivity (Wildman–Crippen MR) is 105 cm³/mol. The molecular formula is C19H31F3NO5P. The minimum Gasteiger partial charge on any atom is -0.493 e. The first-order chi connectivity index (χ1) is 13.3. The van der Waals surface area contributed by atoms with Crippen molar-refractivity contribution in [3.63, 3.8) is 0 Å². The van der Waals surface area contributed by atoms with Crippen LogP contribution in [0.4, 0.5) is 13.2 Å². The van der Waals surface area contributed by atoms with Crippen LogP contribution in [0.15, 0.2) is 18.2 Å². The molecule has 4 N–H and O–H groups in total. The summed E-state index contributed by atoms with van der Waals surface area (Å²) in [5, 5.41) is 0. The Kier molecular flexibility index (Phi) is 10.1. The van der Waals surface area contributed by atoms with Gasteiger partial charge in [0, 0.05) is 5.54 Å². The average molecular weight is 441 g/mol. The highest BCUT2D eigenvalue weighted by atomic mass is 31.2. The maximum Gasteiger partial charge on any atom is 0.469 e. The van der Waals surface area contributed by atoms with Crippen LogP contribution in [-0.4, -0.2) is 28.5 Å². The number of ether oxygens (including phenoxy) is 1. The molecule has 0 amide bonds. The Morgan fingerprint density at radius 1 is 1.14 bits per heavy atom. The summed E-state index contributed by atoms with van der Waals surface area (Å²) < 4.78 is 60.8. The second-order valence-corrected chi connectivity index (χ2v) is 8.75. The molecule has 0 aliphatic heterocycles. The molecule has 0 saturated heterocycles. The zero-order valence-electron chi connectivity index (χ0n) is 16.9. The van der Waals surface area contributed by atoms with Crippen molar-refractivity contribution < 1.29 is 36.8 Å². The fourth-order valence-electron chi connectivity index (χ4n) is 2.70. The monoisotopic (exact) mass is 441 g/mol. The molecule has 0 bridgehead atoms. The number of phosphoric ester groups is 1. The van der Waals surface area contributed by atoms with Gasteiger partial charge in [-0.3, -0.25) is 4.52 Å². The number of hydrogen-bond donors (Lipinski definition) is 3. The van der Waals surface area contributed by atoms with Gasteiger partial charge in [0.25, 0.3) is 0 Å². The SMILES string of the molecule is CCCCCCCOc1ccc(CC[C@@](C)(N)COP(=O)(O)O)cc1C(F)(F)F. The Bertz CT molecular complexity index is 676. The van der Waals surface area contributed by atoms with Gasteiger partial charge in [-0.05, 0) is 43.9 Å². The number of phosphoric acid groups is 1. The maximum absolute atomic E-state index is 13.4. The van der Waals surface area contributed by atoms with Gasteiger partial charge in [-0.1, -0.05) is 38.7 Å². The summed E-state index contributed by atoms with van der Waals surface area (Å²) in [6, 6.07) is 3.89. The van der Waals surface area contributed by atoms with E-state index in [0.29, 0.717) is 12.0 Å². The molecule has 0 fully saturated rings. The van der Waals surface area contributed by atoms with E-state index < -0.39 is 31.7 Å². The topological polar surface area (TPSA) is 102 Å². The van der Waals surface area contributed by atoms with Crippen LogP contribution >= 0.6 is 7.82 Å². The smallest absolute Gasteiger partial charge is 0.469 e. The zero-order valence-corrected chi connectivity index (χ0v) is 17.8. The predicted octanol–water partition coefficient (Wildman–Crippen LogP) is 4.81. The van der Waals surface area contributed by atoms with Gasteiger partial charge in [-0.2, -0.15) is 13.2 Å². The Morgan fingerprint density at radius 2 is 1.79 bits per heavy atom. The van der Waals surface area contributed by atoms with E-state index in [1.165, 1.54) is 13.0 Å². The molecule has 0 heterocycles. The summed E-state index contributed by atoms with van der Waals surface area (Å²) in [5.74, 6) is -0.197. The van der Waals surface area contributed by atoms with Gasteiger partial charge < -0.3 is 20.3 Å². The Balaban J connectivity index is 2.72. The van der Waals surface area contributed by atoms with Gasteiger partial charge in [0.15, 0.2) is 0 Å². The Morgan fingerprint density at radius 3 is 2.38 bits per heavy atom. The second-order valence-electron chi connectivity index (χ2n) is 7.51. The van der Waals surface area contributed by atoms with E-state index in [1.54, 1.807) is 6.07 Å². The van der Waals surface area contributed by atoms with Gasteiger partial charge in [-0.25, -0.2) is 4.57 Å². The highest BCUT2D eigenvalue weighted by Gasteiger charge is 2.35. The molecule has 1 atom stereocenters. The molecule has 0 spiro atoms. The number of nitrogens with two attached hydrogens (primary N) is 1. The minimum atomic E-state index is -4.66. The third-order valence-corrected chi connectivity index (χ3v) is 4.87. The van der Waals surface area contributed by atoms with Crippen LogP contribution in [0.2, 0.25) is 0 Å². The maximum atomic E-state index is 13.4. The molecule has 1 aromatic carbocycles. The fraction of sp³-hybridized carbons (Fsp3) is 0.684. The van der Waals surface area contributed by atoms with E-state index in [1.807, 2.05) is 0 Å². The Hall–Kier alpha value is -1.12. The summed E-state index contributed by atoms with van der Waals surface area (Å²) in [7, 11) is -4.66. The second kappa shape index (κ2) is 11.3. The molecule has 1 rings (SSSR count). The number of hydrogen-bond acceptors (Lipinski definition) is 4. The number of aryl methyl sites for hydroxylation is 1. The molecule has 1 aromatic rings. The van der Waals surface area contributed by atoms with Crippen molar-refractivity contribution in [3.05, 3.63) is 29.3 Å². The summed E-state index contributed by atoms with van der Waals surface area (Å²) in [4.78, 5) is 17.5. The van der Waals surface area contributed by atoms with Crippen molar-refractivity contribution in [1.29, 1.82) is 0 Å². The van der Waals surface area contributed by atoms with E-state index in [-0.39, 0.29) is 25.2 Å². The molecular weight excluding hydrogens is 410 g/mol. The summed E-state index contributed by atoms with van der Waals surface area (Å²) in [6.07, 6.45) is 0.663. The van der Waals surface area contributed by atoms with Crippen molar-refractivity contribution in [3.8, 4) is 5.75 Å². The first-order valence-corrected chi connectivity index (χ1v) is 11.2. The lowest BCUT2D eigenvalue weighted by molar-refractivity contribution is -0.139. The van der Waals surface area contributed by atoms with Crippen molar-refractivity contribution in [2.75, 3.05) is 13.2 Å². The lowest BCUT2D eigenvalue weighted by Crippen LogP contribution is -2.41. The number of alkyl halides is 3. The van der Waals surface area contributed by atoms with Gasteiger partial charge in [0.2, 0.25) is 0 Å². The van der Waals surface area contributed by atoms with E-state index in [2.05, 4.69) is 11.4 Å². The number of unbranched alkanes of at least 4 members (excludes halogenated alkanes) is 4. The molecule has 0 aliphatic carbocycles. The zero-order chi connectivity index (χ0) is 22.1. The third-order valence-electron chi connectivity index (χ3n) is 4.40. The fourth-order valence-corrected chi connectivity index (χ4v) is 3.16. The first-order valence-electron chi connectivity index (χ1n) is 9.66. The quantitative estimate of drug-likeness (QED) is 0.300. The van der Waals surface area contributed by atoms with Gasteiger partial charge in [0.1, 0.15) is 5.75 Å². The molecule has 0 saturated carbocycles. The largest absolute Gasteiger partial charge is 0.493 e. The van der Waals surface area contributed by atoms with Crippen LogP contribution in [0, 0.1) is 0 Å². The van der Waals surface area contributed by atoms with Crippen molar-refractivity contribution in [2.45, 2.75) is 70.5 Å². The van der Waals surface area contributed by atoms with Gasteiger partial charge in [-0.15, -0.1) is 0 Å². The highest BCUT2D eigenvalue weighted by Crippen LogP contribution is 2.38. The molecule has 0 aliphatic rings. The van der Waals surface area contributed by atoms with Crippen LogP contribution in [-0.2, 0) is 21.7 Å². The van der Waals surface area contributed by atoms with Crippen LogP contribution in [0.5, 0.6) is 5.75 Å². The standard InChI is InChI=1S/C19H31F3NO5P/c1-3-4-5-6-7-12-27-17-9-8-15(13-16(17)19(20,21)22)10-11-18(2,23)14-28-29(24,25)26/h8-9,13H,3-7,10-12,14,23H2,1-2H3,(H2,24,25,26)/t18-/m1/s1. The lowest BCUT2D eigenvalue weighted by atomic mass is 9.94. The van der Waals surface area contributed by atoms with Crippen molar-refractivity contribution in [1.82, 2.24) is 0 Å². The molecule has 0 radical (unpaired) electrons. The Labute approximate surface area is 169 Å². The normalized spacial score (nSPS) is 14.6. The van der Waals surface area contributed by atoms with Crippen LogP contribution < -0.4 is 10.5 Å². The van der Waals surface area contributed by atoms with E-state index >= 15 is 0 Å². The number of benzene rings is 1. The van der Waals surface area contributed by atoms with Gasteiger partial charge in [0.05, 0.1) is 18.8 Å². The van der Waals surface area contributed by atoms with E-state index in [9.17, 15) is 17.7 Å².